The first kappa shape index (κ1) is 24.8. The minimum Gasteiger partial charge on any atom is -0.494 e. The highest BCUT2D eigenvalue weighted by Crippen LogP contribution is 2.57. The van der Waals surface area contributed by atoms with E-state index in [2.05, 4.69) is 34.1 Å². The SMILES string of the molecule is CCOc1ccc(N2C(=O)C(C)SC23C(=O)N(CN2CCN(c4ccccc4)CC2)c2ccccc23)cc1. The van der Waals surface area contributed by atoms with Gasteiger partial charge in [0, 0.05) is 43.1 Å². The highest BCUT2D eigenvalue weighted by atomic mass is 32.2. The maximum atomic E-state index is 14.4. The van der Waals surface area contributed by atoms with Crippen molar-refractivity contribution in [3.63, 3.8) is 0 Å². The standard InChI is InChI=1S/C30H32N4O3S/c1-3-37-25-15-13-24(14-16-25)34-28(35)22(2)38-30(34)26-11-7-8-12-27(26)33(29(30)36)21-31-17-19-32(20-18-31)23-9-5-4-6-10-23/h4-16,22H,3,17-21H2,1-2H3. The predicted octanol–water partition coefficient (Wildman–Crippen LogP) is 4.53. The lowest BCUT2D eigenvalue weighted by Gasteiger charge is -2.38. The number of ether oxygens (including phenoxy) is 1. The Morgan fingerprint density at radius 2 is 1.55 bits per heavy atom. The molecule has 6 rings (SSSR count). The average molecular weight is 529 g/mol. The van der Waals surface area contributed by atoms with Crippen molar-refractivity contribution in [2.24, 2.45) is 0 Å². The van der Waals surface area contributed by atoms with E-state index in [0.29, 0.717) is 19.0 Å². The lowest BCUT2D eigenvalue weighted by Crippen LogP contribution is -2.54. The molecule has 0 saturated carbocycles. The number of piperazine rings is 1. The van der Waals surface area contributed by atoms with Crippen LogP contribution in [0, 0.1) is 0 Å². The van der Waals surface area contributed by atoms with Crippen molar-refractivity contribution in [3.8, 4) is 5.75 Å². The fraction of sp³-hybridized carbons (Fsp3) is 0.333. The second-order valence-electron chi connectivity index (χ2n) is 9.84. The summed E-state index contributed by atoms with van der Waals surface area (Å²) in [6, 6.07) is 25.9. The maximum Gasteiger partial charge on any atom is 0.269 e. The molecule has 0 N–H and O–H groups in total. The van der Waals surface area contributed by atoms with Crippen molar-refractivity contribution in [1.29, 1.82) is 0 Å². The molecule has 2 saturated heterocycles. The first-order valence-corrected chi connectivity index (χ1v) is 14.1. The number of para-hydroxylation sites is 2. The minimum absolute atomic E-state index is 0.0548. The molecule has 0 aromatic heterocycles. The normalized spacial score (nSPS) is 23.4. The van der Waals surface area contributed by atoms with E-state index in [9.17, 15) is 9.59 Å². The van der Waals surface area contributed by atoms with Crippen LogP contribution in [0.5, 0.6) is 5.75 Å². The molecule has 0 aliphatic carbocycles. The molecular formula is C30H32N4O3S. The van der Waals surface area contributed by atoms with E-state index in [0.717, 1.165) is 43.2 Å². The van der Waals surface area contributed by atoms with E-state index < -0.39 is 4.87 Å². The van der Waals surface area contributed by atoms with Crippen LogP contribution in [-0.2, 0) is 14.5 Å². The summed E-state index contributed by atoms with van der Waals surface area (Å²) in [7, 11) is 0. The van der Waals surface area contributed by atoms with Crippen molar-refractivity contribution in [2.75, 3.05) is 54.2 Å². The molecule has 2 fully saturated rings. The zero-order valence-corrected chi connectivity index (χ0v) is 22.6. The van der Waals surface area contributed by atoms with Gasteiger partial charge in [-0.2, -0.15) is 0 Å². The number of hydrogen-bond acceptors (Lipinski definition) is 6. The second-order valence-corrected chi connectivity index (χ2v) is 11.4. The van der Waals surface area contributed by atoms with E-state index in [1.54, 1.807) is 4.90 Å². The number of rotatable bonds is 6. The Morgan fingerprint density at radius 3 is 2.26 bits per heavy atom. The third-order valence-corrected chi connectivity index (χ3v) is 9.04. The van der Waals surface area contributed by atoms with Gasteiger partial charge in [0.1, 0.15) is 5.75 Å². The monoisotopic (exact) mass is 528 g/mol. The average Bonchev–Trinajstić information content (AvgIpc) is 3.35. The molecule has 3 aliphatic rings. The van der Waals surface area contributed by atoms with Crippen LogP contribution in [-0.4, -0.2) is 61.4 Å². The number of benzene rings is 3. The van der Waals surface area contributed by atoms with Gasteiger partial charge in [-0.05, 0) is 56.3 Å². The van der Waals surface area contributed by atoms with Crippen molar-refractivity contribution in [1.82, 2.24) is 4.90 Å². The quantitative estimate of drug-likeness (QED) is 0.469. The Morgan fingerprint density at radius 1 is 0.868 bits per heavy atom. The molecule has 1 spiro atoms. The van der Waals surface area contributed by atoms with Crippen LogP contribution >= 0.6 is 11.8 Å². The third kappa shape index (κ3) is 4.03. The van der Waals surface area contributed by atoms with Crippen LogP contribution < -0.4 is 19.4 Å². The minimum atomic E-state index is -1.12. The van der Waals surface area contributed by atoms with Crippen molar-refractivity contribution in [3.05, 3.63) is 84.4 Å². The van der Waals surface area contributed by atoms with Crippen LogP contribution in [0.3, 0.4) is 0 Å². The number of carbonyl (C=O) groups excluding carboxylic acids is 2. The summed E-state index contributed by atoms with van der Waals surface area (Å²) < 4.78 is 5.61. The largest absolute Gasteiger partial charge is 0.494 e. The molecular weight excluding hydrogens is 496 g/mol. The topological polar surface area (TPSA) is 56.3 Å². The first-order chi connectivity index (χ1) is 18.5. The van der Waals surface area contributed by atoms with Gasteiger partial charge in [-0.25, -0.2) is 0 Å². The fourth-order valence-electron chi connectivity index (χ4n) is 5.72. The molecule has 3 aliphatic heterocycles. The summed E-state index contributed by atoms with van der Waals surface area (Å²) in [6.45, 7) is 8.43. The summed E-state index contributed by atoms with van der Waals surface area (Å²) in [6.07, 6.45) is 0. The van der Waals surface area contributed by atoms with Crippen molar-refractivity contribution < 1.29 is 14.3 Å². The Kier molecular flexibility index (Phi) is 6.53. The number of carbonyl (C=O) groups is 2. The van der Waals surface area contributed by atoms with E-state index >= 15 is 0 Å². The molecule has 196 valence electrons. The Balaban J connectivity index is 1.29. The molecule has 3 heterocycles. The van der Waals surface area contributed by atoms with E-state index in [1.165, 1.54) is 17.4 Å². The van der Waals surface area contributed by atoms with Gasteiger partial charge in [0.15, 0.2) is 0 Å². The number of fused-ring (bicyclic) bond motifs is 2. The highest BCUT2D eigenvalue weighted by molar-refractivity contribution is 8.03. The van der Waals surface area contributed by atoms with Crippen LogP contribution in [0.4, 0.5) is 17.1 Å². The number of amides is 2. The first-order valence-electron chi connectivity index (χ1n) is 13.2. The van der Waals surface area contributed by atoms with Gasteiger partial charge >= 0.3 is 0 Å². The van der Waals surface area contributed by atoms with Gasteiger partial charge in [-0.3, -0.25) is 24.3 Å². The highest BCUT2D eigenvalue weighted by Gasteiger charge is 2.63. The summed E-state index contributed by atoms with van der Waals surface area (Å²) in [4.78, 5) is 35.2. The molecule has 0 radical (unpaired) electrons. The van der Waals surface area contributed by atoms with Crippen LogP contribution in [0.2, 0.25) is 0 Å². The van der Waals surface area contributed by atoms with Gasteiger partial charge in [-0.15, -0.1) is 11.8 Å². The molecule has 3 aromatic carbocycles. The van der Waals surface area contributed by atoms with Gasteiger partial charge in [0.25, 0.3) is 5.91 Å². The summed E-state index contributed by atoms with van der Waals surface area (Å²) in [5.74, 6) is 0.633. The predicted molar refractivity (Wildman–Crippen MR) is 153 cm³/mol. The maximum absolute atomic E-state index is 14.4. The summed E-state index contributed by atoms with van der Waals surface area (Å²) in [5.41, 5.74) is 3.70. The zero-order chi connectivity index (χ0) is 26.3. The Hall–Kier alpha value is -3.49. The van der Waals surface area contributed by atoms with Crippen molar-refractivity contribution >= 4 is 40.6 Å². The molecule has 3 aromatic rings. The second kappa shape index (κ2) is 10.0. The van der Waals surface area contributed by atoms with Gasteiger partial charge in [0.2, 0.25) is 10.8 Å². The summed E-state index contributed by atoms with van der Waals surface area (Å²) >= 11 is 1.44. The molecule has 2 atom stereocenters. The lowest BCUT2D eigenvalue weighted by atomic mass is 10.0. The summed E-state index contributed by atoms with van der Waals surface area (Å²) in [5, 5.41) is -0.340. The number of nitrogens with zero attached hydrogens (tertiary/aromatic N) is 4. The number of thioether (sulfide) groups is 1. The molecule has 2 unspecified atom stereocenters. The third-order valence-electron chi connectivity index (χ3n) is 7.57. The van der Waals surface area contributed by atoms with Crippen molar-refractivity contribution in [2.45, 2.75) is 24.0 Å². The lowest BCUT2D eigenvalue weighted by molar-refractivity contribution is -0.124. The molecule has 8 heteroatoms. The van der Waals surface area contributed by atoms with Crippen LogP contribution in [0.1, 0.15) is 19.4 Å². The number of anilines is 3. The molecule has 0 bridgehead atoms. The Labute approximate surface area is 228 Å². The Bertz CT molecular complexity index is 1330. The van der Waals surface area contributed by atoms with Gasteiger partial charge in [0.05, 0.1) is 24.2 Å². The smallest absolute Gasteiger partial charge is 0.269 e. The van der Waals surface area contributed by atoms with Crippen LogP contribution in [0.15, 0.2) is 78.9 Å². The molecule has 2 amide bonds. The molecule has 7 nitrogen and oxygen atoms in total. The zero-order valence-electron chi connectivity index (χ0n) is 21.7. The van der Waals surface area contributed by atoms with E-state index in [-0.39, 0.29) is 17.1 Å². The van der Waals surface area contributed by atoms with E-state index in [4.69, 9.17) is 4.74 Å². The fourth-order valence-corrected chi connectivity index (χ4v) is 7.25. The van der Waals surface area contributed by atoms with E-state index in [1.807, 2.05) is 73.3 Å². The molecule has 38 heavy (non-hydrogen) atoms. The number of hydrogen-bond donors (Lipinski definition) is 0. The van der Waals surface area contributed by atoms with Crippen LogP contribution in [0.25, 0.3) is 0 Å². The van der Waals surface area contributed by atoms with Gasteiger partial charge in [-0.1, -0.05) is 36.4 Å². The van der Waals surface area contributed by atoms with Gasteiger partial charge < -0.3 is 9.64 Å².